The van der Waals surface area contributed by atoms with Crippen LogP contribution >= 0.6 is 11.6 Å². The normalized spacial score (nSPS) is 14.7. The SMILES string of the molecule is COc1cc(C(C)(O)CCN)ccc1Cl. The summed E-state index contributed by atoms with van der Waals surface area (Å²) in [6, 6.07) is 5.22. The molecule has 84 valence electrons. The predicted molar refractivity (Wildman–Crippen MR) is 61.2 cm³/mol. The van der Waals surface area contributed by atoms with Gasteiger partial charge in [0.2, 0.25) is 0 Å². The Balaban J connectivity index is 3.04. The number of methoxy groups -OCH3 is 1. The molecule has 1 rings (SSSR count). The second kappa shape index (κ2) is 4.84. The first-order chi connectivity index (χ1) is 7.01. The highest BCUT2D eigenvalue weighted by Crippen LogP contribution is 2.31. The number of ether oxygens (including phenoxy) is 1. The number of benzene rings is 1. The highest BCUT2D eigenvalue weighted by molar-refractivity contribution is 6.32. The molecule has 0 fully saturated rings. The van der Waals surface area contributed by atoms with Crippen molar-refractivity contribution < 1.29 is 9.84 Å². The fourth-order valence-electron chi connectivity index (χ4n) is 1.42. The lowest BCUT2D eigenvalue weighted by Crippen LogP contribution is -2.24. The van der Waals surface area contributed by atoms with Crippen molar-refractivity contribution in [3.63, 3.8) is 0 Å². The first kappa shape index (κ1) is 12.3. The van der Waals surface area contributed by atoms with Crippen LogP contribution in [0.2, 0.25) is 5.02 Å². The van der Waals surface area contributed by atoms with E-state index >= 15 is 0 Å². The molecule has 0 bridgehead atoms. The molecule has 4 heteroatoms. The predicted octanol–water partition coefficient (Wildman–Crippen LogP) is 1.90. The third kappa shape index (κ3) is 2.84. The molecular formula is C11H16ClNO2. The van der Waals surface area contributed by atoms with Crippen LogP contribution < -0.4 is 10.5 Å². The second-order valence-electron chi connectivity index (χ2n) is 3.66. The Kier molecular flexibility index (Phi) is 3.97. The van der Waals surface area contributed by atoms with Crippen LogP contribution in [0.15, 0.2) is 18.2 Å². The Morgan fingerprint density at radius 1 is 1.53 bits per heavy atom. The lowest BCUT2D eigenvalue weighted by Gasteiger charge is -2.23. The summed E-state index contributed by atoms with van der Waals surface area (Å²) in [4.78, 5) is 0. The molecule has 3 nitrogen and oxygen atoms in total. The van der Waals surface area contributed by atoms with Crippen molar-refractivity contribution in [1.29, 1.82) is 0 Å². The summed E-state index contributed by atoms with van der Waals surface area (Å²) in [5, 5.41) is 10.7. The molecule has 0 radical (unpaired) electrons. The summed E-state index contributed by atoms with van der Waals surface area (Å²) in [6.07, 6.45) is 0.498. The largest absolute Gasteiger partial charge is 0.495 e. The van der Waals surface area contributed by atoms with Gasteiger partial charge in [-0.1, -0.05) is 17.7 Å². The number of hydrogen-bond acceptors (Lipinski definition) is 3. The fraction of sp³-hybridized carbons (Fsp3) is 0.455. The Hall–Kier alpha value is -0.770. The maximum absolute atomic E-state index is 10.1. The molecule has 0 heterocycles. The molecule has 0 amide bonds. The van der Waals surface area contributed by atoms with Gasteiger partial charge in [-0.05, 0) is 37.6 Å². The van der Waals surface area contributed by atoms with E-state index in [2.05, 4.69) is 0 Å². The smallest absolute Gasteiger partial charge is 0.137 e. The van der Waals surface area contributed by atoms with Crippen molar-refractivity contribution in [2.75, 3.05) is 13.7 Å². The Morgan fingerprint density at radius 3 is 2.73 bits per heavy atom. The van der Waals surface area contributed by atoms with Crippen molar-refractivity contribution in [3.05, 3.63) is 28.8 Å². The molecule has 1 aromatic carbocycles. The molecular weight excluding hydrogens is 214 g/mol. The topological polar surface area (TPSA) is 55.5 Å². The van der Waals surface area contributed by atoms with Gasteiger partial charge in [0.1, 0.15) is 5.75 Å². The molecule has 1 atom stereocenters. The maximum Gasteiger partial charge on any atom is 0.137 e. The highest BCUT2D eigenvalue weighted by atomic mass is 35.5. The number of rotatable bonds is 4. The summed E-state index contributed by atoms with van der Waals surface area (Å²) in [5.41, 5.74) is 5.26. The zero-order valence-electron chi connectivity index (χ0n) is 8.96. The van der Waals surface area contributed by atoms with E-state index in [1.54, 1.807) is 32.2 Å². The van der Waals surface area contributed by atoms with Crippen LogP contribution in [0.5, 0.6) is 5.75 Å². The molecule has 3 N–H and O–H groups in total. The van der Waals surface area contributed by atoms with Crippen molar-refractivity contribution >= 4 is 11.6 Å². The van der Waals surface area contributed by atoms with E-state index in [0.29, 0.717) is 23.7 Å². The van der Waals surface area contributed by atoms with Gasteiger partial charge in [-0.15, -0.1) is 0 Å². The van der Waals surface area contributed by atoms with E-state index in [1.165, 1.54) is 0 Å². The van der Waals surface area contributed by atoms with E-state index < -0.39 is 5.60 Å². The van der Waals surface area contributed by atoms with E-state index in [4.69, 9.17) is 22.1 Å². The standard InChI is InChI=1S/C11H16ClNO2/c1-11(14,5-6-13)8-3-4-9(12)10(7-8)15-2/h3-4,7,14H,5-6,13H2,1-2H3. The average molecular weight is 230 g/mol. The molecule has 0 aliphatic heterocycles. The lowest BCUT2D eigenvalue weighted by atomic mass is 9.92. The average Bonchev–Trinajstić information content (AvgIpc) is 2.18. The molecule has 0 saturated heterocycles. The molecule has 1 unspecified atom stereocenters. The molecule has 15 heavy (non-hydrogen) atoms. The Morgan fingerprint density at radius 2 is 2.20 bits per heavy atom. The lowest BCUT2D eigenvalue weighted by molar-refractivity contribution is 0.0502. The zero-order chi connectivity index (χ0) is 11.5. The molecule has 0 saturated carbocycles. The number of hydrogen-bond donors (Lipinski definition) is 2. The van der Waals surface area contributed by atoms with E-state index in [-0.39, 0.29) is 0 Å². The monoisotopic (exact) mass is 229 g/mol. The molecule has 1 aromatic rings. The van der Waals surface area contributed by atoms with E-state index in [1.807, 2.05) is 0 Å². The molecule has 0 spiro atoms. The zero-order valence-corrected chi connectivity index (χ0v) is 9.71. The summed E-state index contributed by atoms with van der Waals surface area (Å²) < 4.78 is 5.08. The third-order valence-corrected chi connectivity index (χ3v) is 2.72. The van der Waals surface area contributed by atoms with Crippen LogP contribution in [0.25, 0.3) is 0 Å². The van der Waals surface area contributed by atoms with Gasteiger partial charge in [-0.25, -0.2) is 0 Å². The number of nitrogens with two attached hydrogens (primary N) is 1. The van der Waals surface area contributed by atoms with Gasteiger partial charge in [0.05, 0.1) is 17.7 Å². The van der Waals surface area contributed by atoms with Crippen molar-refractivity contribution in [3.8, 4) is 5.75 Å². The fourth-order valence-corrected chi connectivity index (χ4v) is 1.61. The second-order valence-corrected chi connectivity index (χ2v) is 4.07. The summed E-state index contributed by atoms with van der Waals surface area (Å²) in [6.45, 7) is 2.15. The molecule has 0 aromatic heterocycles. The minimum atomic E-state index is -0.938. The van der Waals surface area contributed by atoms with Gasteiger partial charge < -0.3 is 15.6 Å². The first-order valence-corrected chi connectivity index (χ1v) is 5.15. The van der Waals surface area contributed by atoms with E-state index in [9.17, 15) is 5.11 Å². The third-order valence-electron chi connectivity index (χ3n) is 2.40. The van der Waals surface area contributed by atoms with Crippen LogP contribution in [0, 0.1) is 0 Å². The number of aliphatic hydroxyl groups is 1. The van der Waals surface area contributed by atoms with Gasteiger partial charge in [-0.2, -0.15) is 0 Å². The van der Waals surface area contributed by atoms with Crippen LogP contribution in [0.3, 0.4) is 0 Å². The molecule has 0 aliphatic rings. The van der Waals surface area contributed by atoms with Gasteiger partial charge >= 0.3 is 0 Å². The quantitative estimate of drug-likeness (QED) is 0.829. The Labute approximate surface area is 94.8 Å². The maximum atomic E-state index is 10.1. The van der Waals surface area contributed by atoms with Crippen LogP contribution in [-0.2, 0) is 5.60 Å². The van der Waals surface area contributed by atoms with Crippen molar-refractivity contribution in [1.82, 2.24) is 0 Å². The minimum absolute atomic E-state index is 0.429. The van der Waals surface area contributed by atoms with Gasteiger partial charge in [0.15, 0.2) is 0 Å². The summed E-state index contributed by atoms with van der Waals surface area (Å²) in [5.74, 6) is 0.562. The van der Waals surface area contributed by atoms with Crippen LogP contribution in [-0.4, -0.2) is 18.8 Å². The van der Waals surface area contributed by atoms with Crippen LogP contribution in [0.1, 0.15) is 18.9 Å². The Bertz CT molecular complexity index is 339. The van der Waals surface area contributed by atoms with Gasteiger partial charge in [-0.3, -0.25) is 0 Å². The minimum Gasteiger partial charge on any atom is -0.495 e. The van der Waals surface area contributed by atoms with Crippen LogP contribution in [0.4, 0.5) is 0 Å². The van der Waals surface area contributed by atoms with Gasteiger partial charge in [0, 0.05) is 0 Å². The van der Waals surface area contributed by atoms with Crippen molar-refractivity contribution in [2.45, 2.75) is 18.9 Å². The molecule has 0 aliphatic carbocycles. The van der Waals surface area contributed by atoms with Gasteiger partial charge in [0.25, 0.3) is 0 Å². The summed E-state index contributed by atoms with van der Waals surface area (Å²) in [7, 11) is 1.54. The van der Waals surface area contributed by atoms with Crippen molar-refractivity contribution in [2.24, 2.45) is 5.73 Å². The summed E-state index contributed by atoms with van der Waals surface area (Å²) >= 11 is 5.89. The highest BCUT2D eigenvalue weighted by Gasteiger charge is 2.22. The first-order valence-electron chi connectivity index (χ1n) is 4.77. The number of halogens is 1. The van der Waals surface area contributed by atoms with E-state index in [0.717, 1.165) is 5.56 Å².